The van der Waals surface area contributed by atoms with Crippen molar-refractivity contribution in [1.29, 1.82) is 0 Å². The highest BCUT2D eigenvalue weighted by Gasteiger charge is 2.55. The number of piperidine rings is 1. The number of sulfonamides is 1. The first-order chi connectivity index (χ1) is 19.0. The number of alkyl halides is 3. The van der Waals surface area contributed by atoms with Crippen LogP contribution in [0.4, 0.5) is 24.7 Å². The number of hydrogen-bond acceptors (Lipinski definition) is 8. The number of anilines is 2. The largest absolute Gasteiger partial charge is 0.494 e. The van der Waals surface area contributed by atoms with E-state index in [1.807, 2.05) is 24.3 Å². The minimum Gasteiger partial charge on any atom is -0.494 e. The zero-order valence-corrected chi connectivity index (χ0v) is 25.5. The monoisotopic (exact) mass is 657 g/mol. The number of piperazine rings is 1. The molecule has 0 aliphatic carbocycles. The summed E-state index contributed by atoms with van der Waals surface area (Å²) in [5.41, 5.74) is 1.57. The van der Waals surface area contributed by atoms with E-state index in [9.17, 15) is 31.6 Å². The number of pyridine rings is 1. The normalized spacial score (nSPS) is 17.5. The van der Waals surface area contributed by atoms with Gasteiger partial charge in [-0.2, -0.15) is 17.5 Å². The number of amides is 1. The van der Waals surface area contributed by atoms with Crippen LogP contribution in [0.5, 0.6) is 5.75 Å². The smallest absolute Gasteiger partial charge is 0.417 e. The van der Waals surface area contributed by atoms with Gasteiger partial charge in [-0.1, -0.05) is 13.3 Å². The van der Waals surface area contributed by atoms with Gasteiger partial charge in [0.2, 0.25) is 10.0 Å². The van der Waals surface area contributed by atoms with Crippen molar-refractivity contribution in [2.45, 2.75) is 43.5 Å². The fourth-order valence-corrected chi connectivity index (χ4v) is 7.18. The average molecular weight is 659 g/mol. The minimum atomic E-state index is -4.52. The molecule has 0 saturated carbocycles. The number of carbonyl (C=O) groups is 1. The third-order valence-electron chi connectivity index (χ3n) is 7.53. The summed E-state index contributed by atoms with van der Waals surface area (Å²) in [6, 6.07) is 9.75. The van der Waals surface area contributed by atoms with E-state index in [0.29, 0.717) is 19.7 Å². The van der Waals surface area contributed by atoms with Gasteiger partial charge >= 0.3 is 6.18 Å². The lowest BCUT2D eigenvalue weighted by Crippen LogP contribution is -2.63. The predicted octanol–water partition coefficient (Wildman–Crippen LogP) is 4.12. The Labute approximate surface area is 256 Å². The molecule has 2 aliphatic rings. The lowest BCUT2D eigenvalue weighted by Gasteiger charge is -2.44. The van der Waals surface area contributed by atoms with Gasteiger partial charge in [0.25, 0.3) is 5.91 Å². The van der Waals surface area contributed by atoms with Crippen LogP contribution >= 0.6 is 24.8 Å². The van der Waals surface area contributed by atoms with Crippen LogP contribution in [0.1, 0.15) is 38.2 Å². The van der Waals surface area contributed by atoms with Gasteiger partial charge in [-0.25, -0.2) is 18.9 Å². The highest BCUT2D eigenvalue weighted by Crippen LogP contribution is 2.36. The Morgan fingerprint density at radius 2 is 1.62 bits per heavy atom. The van der Waals surface area contributed by atoms with Gasteiger partial charge in [0.1, 0.15) is 11.6 Å². The van der Waals surface area contributed by atoms with Gasteiger partial charge in [-0.15, -0.1) is 24.8 Å². The molecule has 0 bridgehead atoms. The molecular formula is C26H36Cl2F3N5O5S. The van der Waals surface area contributed by atoms with E-state index in [1.54, 1.807) is 4.90 Å². The van der Waals surface area contributed by atoms with E-state index < -0.39 is 32.4 Å². The lowest BCUT2D eigenvalue weighted by molar-refractivity contribution is -0.137. The molecule has 1 aromatic heterocycles. The summed E-state index contributed by atoms with van der Waals surface area (Å²) in [7, 11) is -4.20. The molecule has 0 radical (unpaired) electrons. The number of rotatable bonds is 9. The van der Waals surface area contributed by atoms with Crippen molar-refractivity contribution >= 4 is 52.2 Å². The molecule has 1 amide bonds. The summed E-state index contributed by atoms with van der Waals surface area (Å²) in [6.45, 7) is 3.97. The molecule has 2 aliphatic heterocycles. The maximum Gasteiger partial charge on any atom is 0.417 e. The van der Waals surface area contributed by atoms with Gasteiger partial charge in [0, 0.05) is 51.2 Å². The van der Waals surface area contributed by atoms with Crippen molar-refractivity contribution in [3.8, 4) is 5.75 Å². The van der Waals surface area contributed by atoms with Crippen molar-refractivity contribution < 1.29 is 36.3 Å². The number of benzene rings is 1. The number of unbranched alkanes of at least 4 members (excludes halogenated alkanes) is 1. The molecular weight excluding hydrogens is 622 g/mol. The summed E-state index contributed by atoms with van der Waals surface area (Å²) in [5, 5.41) is 9.45. The van der Waals surface area contributed by atoms with E-state index in [2.05, 4.69) is 16.8 Å². The fraction of sp³-hybridized carbons (Fsp3) is 0.538. The average Bonchev–Trinajstić information content (AvgIpc) is 2.97. The van der Waals surface area contributed by atoms with Crippen LogP contribution in [0.25, 0.3) is 0 Å². The summed E-state index contributed by atoms with van der Waals surface area (Å²) >= 11 is 0. The molecule has 10 nitrogen and oxygen atoms in total. The van der Waals surface area contributed by atoms with E-state index in [1.165, 1.54) is 15.9 Å². The lowest BCUT2D eigenvalue weighted by atomic mass is 9.95. The Balaban J connectivity index is 0.00000308. The molecule has 2 fully saturated rings. The Kier molecular flexibility index (Phi) is 12.6. The summed E-state index contributed by atoms with van der Waals surface area (Å²) in [5.74, 6) is 0.000583. The third kappa shape index (κ3) is 7.51. The number of ether oxygens (including phenoxy) is 1. The second kappa shape index (κ2) is 14.8. The summed E-state index contributed by atoms with van der Waals surface area (Å²) in [6.07, 6.45) is -2.11. The highest BCUT2D eigenvalue weighted by atomic mass is 35.5. The topological polar surface area (TPSA) is 115 Å². The standard InChI is InChI=1S/C26H34F3N5O5S.2ClH/c1-2-3-18-39-22-7-5-21(6-8-22)32-14-16-34(17-15-32)40(37,38)25(24(35)31-36)10-12-33(13-11-25)23-9-4-20(19-30-23)26(27,28)29;;/h4-9,19,36H,2-3,10-18H2,1H3,(H,31,35);2*1H. The van der Waals surface area contributed by atoms with Crippen molar-refractivity contribution in [3.63, 3.8) is 0 Å². The molecule has 236 valence electrons. The summed E-state index contributed by atoms with van der Waals surface area (Å²) < 4.78 is 71.4. The number of hydroxylamine groups is 1. The van der Waals surface area contributed by atoms with E-state index >= 15 is 0 Å². The zero-order valence-electron chi connectivity index (χ0n) is 23.0. The first-order valence-electron chi connectivity index (χ1n) is 13.2. The molecule has 2 aromatic rings. The van der Waals surface area contributed by atoms with E-state index in [0.717, 1.165) is 36.5 Å². The SMILES string of the molecule is CCCCOc1ccc(N2CCN(S(=O)(=O)C3(C(=O)NO)CCN(c4ccc(C(F)(F)F)cn4)CC3)CC2)cc1.Cl.Cl. The molecule has 42 heavy (non-hydrogen) atoms. The Morgan fingerprint density at radius 1 is 1.00 bits per heavy atom. The number of carbonyl (C=O) groups excluding carboxylic acids is 1. The number of halogens is 5. The van der Waals surface area contributed by atoms with Crippen LogP contribution in [0.3, 0.4) is 0 Å². The van der Waals surface area contributed by atoms with Crippen LogP contribution in [-0.4, -0.2) is 79.4 Å². The van der Waals surface area contributed by atoms with E-state index in [4.69, 9.17) is 4.74 Å². The molecule has 1 aromatic carbocycles. The first kappa shape index (κ1) is 35.7. The summed E-state index contributed by atoms with van der Waals surface area (Å²) in [4.78, 5) is 20.4. The van der Waals surface area contributed by atoms with Crippen molar-refractivity contribution in [2.24, 2.45) is 0 Å². The van der Waals surface area contributed by atoms with Gasteiger partial charge in [-0.05, 0) is 55.7 Å². The van der Waals surface area contributed by atoms with Crippen LogP contribution in [0, 0.1) is 0 Å². The molecule has 2 saturated heterocycles. The van der Waals surface area contributed by atoms with Gasteiger partial charge in [-0.3, -0.25) is 10.0 Å². The number of nitrogens with zero attached hydrogens (tertiary/aromatic N) is 4. The molecule has 0 spiro atoms. The van der Waals surface area contributed by atoms with Crippen LogP contribution in [0.15, 0.2) is 42.6 Å². The number of aromatic nitrogens is 1. The van der Waals surface area contributed by atoms with Crippen LogP contribution in [-0.2, 0) is 21.0 Å². The molecule has 16 heteroatoms. The molecule has 3 heterocycles. The molecule has 0 unspecified atom stereocenters. The molecule has 4 rings (SSSR count). The molecule has 0 atom stereocenters. The van der Waals surface area contributed by atoms with Crippen LogP contribution < -0.4 is 20.0 Å². The number of nitrogens with one attached hydrogen (secondary N) is 1. The second-order valence-electron chi connectivity index (χ2n) is 9.91. The van der Waals surface area contributed by atoms with Gasteiger partial charge in [0.05, 0.1) is 12.2 Å². The highest BCUT2D eigenvalue weighted by molar-refractivity contribution is 7.91. The maximum atomic E-state index is 13.8. The Morgan fingerprint density at radius 3 is 2.12 bits per heavy atom. The van der Waals surface area contributed by atoms with E-state index in [-0.39, 0.29) is 69.7 Å². The first-order valence-corrected chi connectivity index (χ1v) is 14.7. The van der Waals surface area contributed by atoms with Crippen LogP contribution in [0.2, 0.25) is 0 Å². The molecule has 2 N–H and O–H groups in total. The van der Waals surface area contributed by atoms with Crippen molar-refractivity contribution in [1.82, 2.24) is 14.8 Å². The fourth-order valence-electron chi connectivity index (χ4n) is 5.06. The van der Waals surface area contributed by atoms with Gasteiger partial charge < -0.3 is 14.5 Å². The minimum absolute atomic E-state index is 0. The number of hydrogen-bond donors (Lipinski definition) is 2. The van der Waals surface area contributed by atoms with Crippen molar-refractivity contribution in [3.05, 3.63) is 48.2 Å². The Hall–Kier alpha value is -2.52. The predicted molar refractivity (Wildman–Crippen MR) is 157 cm³/mol. The quantitative estimate of drug-likeness (QED) is 0.235. The third-order valence-corrected chi connectivity index (χ3v) is 10.2. The maximum absolute atomic E-state index is 13.8. The van der Waals surface area contributed by atoms with Crippen molar-refractivity contribution in [2.75, 3.05) is 55.7 Å². The zero-order chi connectivity index (χ0) is 29.0. The second-order valence-corrected chi connectivity index (χ2v) is 12.2. The Bertz CT molecular complexity index is 1250. The van der Waals surface area contributed by atoms with Gasteiger partial charge in [0.15, 0.2) is 4.75 Å².